The van der Waals surface area contributed by atoms with Gasteiger partial charge in [0.15, 0.2) is 0 Å². The lowest BCUT2D eigenvalue weighted by Gasteiger charge is -2.08. The van der Waals surface area contributed by atoms with Gasteiger partial charge in [0.1, 0.15) is 5.78 Å². The molecular weight excluding hydrogens is 174 g/mol. The summed E-state index contributed by atoms with van der Waals surface area (Å²) in [4.78, 5) is 11.5. The molecule has 2 rings (SSSR count). The fourth-order valence-electron chi connectivity index (χ4n) is 2.05. The highest BCUT2D eigenvalue weighted by Gasteiger charge is 2.25. The van der Waals surface area contributed by atoms with Gasteiger partial charge in [-0.05, 0) is 30.5 Å². The van der Waals surface area contributed by atoms with Crippen molar-refractivity contribution in [3.05, 3.63) is 29.8 Å². The first-order valence-corrected chi connectivity index (χ1v) is 5.11. The van der Waals surface area contributed by atoms with E-state index in [1.165, 1.54) is 5.56 Å². The first-order valence-electron chi connectivity index (χ1n) is 5.11. The van der Waals surface area contributed by atoms with Crippen LogP contribution in [-0.2, 0) is 4.79 Å². The van der Waals surface area contributed by atoms with Crippen LogP contribution in [0.3, 0.4) is 0 Å². The van der Waals surface area contributed by atoms with Crippen molar-refractivity contribution in [2.45, 2.75) is 25.2 Å². The zero-order valence-electron chi connectivity index (χ0n) is 8.42. The molecule has 1 saturated carbocycles. The summed E-state index contributed by atoms with van der Waals surface area (Å²) in [6, 6.07) is 8.17. The van der Waals surface area contributed by atoms with Gasteiger partial charge >= 0.3 is 0 Å². The van der Waals surface area contributed by atoms with Gasteiger partial charge < -0.3 is 5.32 Å². The highest BCUT2D eigenvalue weighted by atomic mass is 16.1. The fourth-order valence-corrected chi connectivity index (χ4v) is 2.05. The molecule has 1 aliphatic carbocycles. The molecule has 2 nitrogen and oxygen atoms in total. The third-order valence-electron chi connectivity index (χ3n) is 2.91. The molecule has 1 aromatic carbocycles. The third-order valence-corrected chi connectivity index (χ3v) is 2.91. The van der Waals surface area contributed by atoms with Gasteiger partial charge in [0.05, 0.1) is 0 Å². The Balaban J connectivity index is 2.20. The monoisotopic (exact) mass is 189 g/mol. The summed E-state index contributed by atoms with van der Waals surface area (Å²) in [5, 5.41) is 3.07. The van der Waals surface area contributed by atoms with E-state index < -0.39 is 0 Å². The number of carbonyl (C=O) groups excluding carboxylic acids is 1. The van der Waals surface area contributed by atoms with E-state index >= 15 is 0 Å². The molecular formula is C12H15NO. The number of nitrogens with one attached hydrogen (secondary N) is 1. The zero-order chi connectivity index (χ0) is 9.97. The van der Waals surface area contributed by atoms with E-state index in [1.54, 1.807) is 0 Å². The van der Waals surface area contributed by atoms with Gasteiger partial charge in [0, 0.05) is 25.1 Å². The molecule has 0 radical (unpaired) electrons. The Kier molecular flexibility index (Phi) is 2.53. The van der Waals surface area contributed by atoms with E-state index in [-0.39, 0.29) is 5.92 Å². The van der Waals surface area contributed by atoms with E-state index in [9.17, 15) is 4.79 Å². The second kappa shape index (κ2) is 3.82. The maximum atomic E-state index is 11.5. The van der Waals surface area contributed by atoms with Gasteiger partial charge in [0.25, 0.3) is 0 Å². The quantitative estimate of drug-likeness (QED) is 0.774. The summed E-state index contributed by atoms with van der Waals surface area (Å²) >= 11 is 0. The van der Waals surface area contributed by atoms with Crippen LogP contribution < -0.4 is 5.32 Å². The molecule has 0 amide bonds. The van der Waals surface area contributed by atoms with Crippen LogP contribution in [0, 0.1) is 0 Å². The van der Waals surface area contributed by atoms with Crippen molar-refractivity contribution in [2.24, 2.45) is 0 Å². The largest absolute Gasteiger partial charge is 0.388 e. The smallest absolute Gasteiger partial charge is 0.140 e. The van der Waals surface area contributed by atoms with Crippen LogP contribution in [0.1, 0.15) is 30.7 Å². The Bertz CT molecular complexity index is 329. The molecule has 1 fully saturated rings. The number of anilines is 1. The van der Waals surface area contributed by atoms with E-state index in [4.69, 9.17) is 0 Å². The number of Topliss-reactive ketones (excluding diaryl/α,β-unsaturated/α-hetero) is 1. The Morgan fingerprint density at radius 3 is 2.50 bits per heavy atom. The number of carbonyl (C=O) groups is 1. The van der Waals surface area contributed by atoms with E-state index in [1.807, 2.05) is 19.2 Å². The summed E-state index contributed by atoms with van der Waals surface area (Å²) in [6.07, 6.45) is 2.84. The highest BCUT2D eigenvalue weighted by molar-refractivity contribution is 5.87. The Morgan fingerprint density at radius 1 is 1.29 bits per heavy atom. The van der Waals surface area contributed by atoms with Crippen LogP contribution in [0.4, 0.5) is 5.69 Å². The van der Waals surface area contributed by atoms with Gasteiger partial charge in [-0.3, -0.25) is 4.79 Å². The second-order valence-electron chi connectivity index (χ2n) is 3.78. The van der Waals surface area contributed by atoms with Crippen molar-refractivity contribution >= 4 is 11.5 Å². The van der Waals surface area contributed by atoms with Crippen LogP contribution >= 0.6 is 0 Å². The average Bonchev–Trinajstić information content (AvgIpc) is 2.65. The Labute approximate surface area is 84.3 Å². The molecule has 1 atom stereocenters. The molecule has 0 aromatic heterocycles. The van der Waals surface area contributed by atoms with Gasteiger partial charge in [0.2, 0.25) is 0 Å². The van der Waals surface area contributed by atoms with Gasteiger partial charge in [-0.25, -0.2) is 0 Å². The number of benzene rings is 1. The molecule has 0 saturated heterocycles. The second-order valence-corrected chi connectivity index (χ2v) is 3.78. The third kappa shape index (κ3) is 1.65. The van der Waals surface area contributed by atoms with Crippen LogP contribution in [0.5, 0.6) is 0 Å². The minimum absolute atomic E-state index is 0.168. The SMILES string of the molecule is CNc1ccc(C2CCCC2=O)cc1. The predicted octanol–water partition coefficient (Wildman–Crippen LogP) is 2.56. The van der Waals surface area contributed by atoms with Crippen molar-refractivity contribution in [1.29, 1.82) is 0 Å². The van der Waals surface area contributed by atoms with Crippen LogP contribution in [-0.4, -0.2) is 12.8 Å². The van der Waals surface area contributed by atoms with E-state index in [0.29, 0.717) is 5.78 Å². The lowest BCUT2D eigenvalue weighted by Crippen LogP contribution is -2.03. The molecule has 2 heteroatoms. The highest BCUT2D eigenvalue weighted by Crippen LogP contribution is 2.31. The minimum Gasteiger partial charge on any atom is -0.388 e. The van der Waals surface area contributed by atoms with Gasteiger partial charge in [-0.15, -0.1) is 0 Å². The molecule has 1 unspecified atom stereocenters. The van der Waals surface area contributed by atoms with Crippen molar-refractivity contribution in [2.75, 3.05) is 12.4 Å². The van der Waals surface area contributed by atoms with Gasteiger partial charge in [-0.2, -0.15) is 0 Å². The number of hydrogen-bond acceptors (Lipinski definition) is 2. The minimum atomic E-state index is 0.168. The van der Waals surface area contributed by atoms with Crippen LogP contribution in [0.25, 0.3) is 0 Å². The van der Waals surface area contributed by atoms with Crippen LogP contribution in [0.15, 0.2) is 24.3 Å². The zero-order valence-corrected chi connectivity index (χ0v) is 8.42. The number of rotatable bonds is 2. The summed E-state index contributed by atoms with van der Waals surface area (Å²) in [5.74, 6) is 0.572. The molecule has 1 aromatic rings. The Morgan fingerprint density at radius 2 is 2.00 bits per heavy atom. The topological polar surface area (TPSA) is 29.1 Å². The standard InChI is InChI=1S/C12H15NO/c1-13-10-7-5-9(6-8-10)11-3-2-4-12(11)14/h5-8,11,13H,2-4H2,1H3. The number of hydrogen-bond donors (Lipinski definition) is 1. The molecule has 74 valence electrons. The van der Waals surface area contributed by atoms with Crippen molar-refractivity contribution < 1.29 is 4.79 Å². The summed E-state index contributed by atoms with van der Waals surface area (Å²) in [6.45, 7) is 0. The van der Waals surface area contributed by atoms with Crippen LogP contribution in [0.2, 0.25) is 0 Å². The average molecular weight is 189 g/mol. The predicted molar refractivity (Wildman–Crippen MR) is 57.6 cm³/mol. The molecule has 14 heavy (non-hydrogen) atoms. The Hall–Kier alpha value is -1.31. The van der Waals surface area contributed by atoms with Crippen molar-refractivity contribution in [1.82, 2.24) is 0 Å². The first-order chi connectivity index (χ1) is 6.81. The molecule has 0 heterocycles. The molecule has 1 N–H and O–H groups in total. The summed E-state index contributed by atoms with van der Waals surface area (Å²) in [7, 11) is 1.90. The molecule has 1 aliphatic rings. The number of ketones is 1. The first kappa shape index (κ1) is 9.25. The summed E-state index contributed by atoms with van der Waals surface area (Å²) in [5.41, 5.74) is 2.27. The van der Waals surface area contributed by atoms with E-state index in [2.05, 4.69) is 17.4 Å². The fraction of sp³-hybridized carbons (Fsp3) is 0.417. The molecule has 0 aliphatic heterocycles. The van der Waals surface area contributed by atoms with Gasteiger partial charge in [-0.1, -0.05) is 12.1 Å². The molecule has 0 bridgehead atoms. The lowest BCUT2D eigenvalue weighted by atomic mass is 9.97. The normalized spacial score (nSPS) is 21.2. The molecule has 0 spiro atoms. The maximum absolute atomic E-state index is 11.5. The van der Waals surface area contributed by atoms with Crippen molar-refractivity contribution in [3.63, 3.8) is 0 Å². The lowest BCUT2D eigenvalue weighted by molar-refractivity contribution is -0.118. The maximum Gasteiger partial charge on any atom is 0.140 e. The summed E-state index contributed by atoms with van der Waals surface area (Å²) < 4.78 is 0. The van der Waals surface area contributed by atoms with E-state index in [0.717, 1.165) is 24.9 Å². The van der Waals surface area contributed by atoms with Crippen molar-refractivity contribution in [3.8, 4) is 0 Å².